The summed E-state index contributed by atoms with van der Waals surface area (Å²) in [7, 11) is 0. The van der Waals surface area contributed by atoms with Gasteiger partial charge in [0.1, 0.15) is 6.54 Å². The number of likely N-dealkylation sites (N-methyl/N-ethyl adjacent to an activating group) is 1. The predicted molar refractivity (Wildman–Crippen MR) is 115 cm³/mol. The first-order chi connectivity index (χ1) is 13.6. The number of nitrogens with one attached hydrogen (secondary N) is 1. The molecule has 0 saturated carbocycles. The first-order valence-corrected chi connectivity index (χ1v) is 10.7. The monoisotopic (exact) mass is 397 g/mol. The molecule has 1 heterocycles. The van der Waals surface area contributed by atoms with Crippen molar-refractivity contribution < 1.29 is 9.59 Å². The summed E-state index contributed by atoms with van der Waals surface area (Å²) in [5, 5.41) is 3.05. The Kier molecular flexibility index (Phi) is 7.12. The van der Waals surface area contributed by atoms with Gasteiger partial charge in [0.15, 0.2) is 0 Å². The highest BCUT2D eigenvalue weighted by Crippen LogP contribution is 2.34. The Morgan fingerprint density at radius 2 is 1.79 bits per heavy atom. The van der Waals surface area contributed by atoms with Crippen molar-refractivity contribution in [1.29, 1.82) is 0 Å². The Balaban J connectivity index is 1.68. The Labute approximate surface area is 171 Å². The fraction of sp³-hybridized carbons (Fsp3) is 0.364. The van der Waals surface area contributed by atoms with Gasteiger partial charge in [-0.25, -0.2) is 0 Å². The molecule has 148 valence electrons. The van der Waals surface area contributed by atoms with E-state index in [4.69, 9.17) is 0 Å². The van der Waals surface area contributed by atoms with Crippen LogP contribution in [-0.4, -0.2) is 48.6 Å². The number of hydrogen-bond acceptors (Lipinski definition) is 4. The average Bonchev–Trinajstić information content (AvgIpc) is 2.74. The molecule has 28 heavy (non-hydrogen) atoms. The van der Waals surface area contributed by atoms with Crippen molar-refractivity contribution in [2.75, 3.05) is 36.8 Å². The lowest BCUT2D eigenvalue weighted by Crippen LogP contribution is -2.45. The minimum Gasteiger partial charge on any atom is -0.353 e. The van der Waals surface area contributed by atoms with E-state index in [1.54, 1.807) is 4.90 Å². The topological polar surface area (TPSA) is 52.7 Å². The Hall–Kier alpha value is -2.31. The molecule has 1 unspecified atom stereocenters. The first kappa shape index (κ1) is 20.4. The number of carbonyl (C=O) groups excluding carboxylic acids is 2. The van der Waals surface area contributed by atoms with Gasteiger partial charge in [0.2, 0.25) is 11.8 Å². The number of amides is 2. The lowest BCUT2D eigenvalue weighted by atomic mass is 10.1. The van der Waals surface area contributed by atoms with Gasteiger partial charge in [0.05, 0.1) is 17.5 Å². The molecule has 1 N–H and O–H groups in total. The van der Waals surface area contributed by atoms with Crippen molar-refractivity contribution in [3.63, 3.8) is 0 Å². The van der Waals surface area contributed by atoms with Crippen LogP contribution in [-0.2, 0) is 9.59 Å². The standard InChI is InChI=1S/C22H27N3O2S/c1-3-24(4-2)19(17-10-6-5-7-11-17)14-23-21(26)15-25-18-12-8-9-13-20(18)28-16-22(25)27/h5-13,19H,3-4,14-16H2,1-2H3,(H,23,26). The lowest BCUT2D eigenvalue weighted by Gasteiger charge is -2.31. The highest BCUT2D eigenvalue weighted by molar-refractivity contribution is 8.00. The molecule has 0 aliphatic carbocycles. The van der Waals surface area contributed by atoms with Crippen LogP contribution in [0.3, 0.4) is 0 Å². The van der Waals surface area contributed by atoms with Crippen molar-refractivity contribution in [3.8, 4) is 0 Å². The van der Waals surface area contributed by atoms with E-state index >= 15 is 0 Å². The molecule has 0 radical (unpaired) electrons. The second kappa shape index (κ2) is 9.75. The molecule has 0 spiro atoms. The number of fused-ring (bicyclic) bond motifs is 1. The third-order valence-corrected chi connectivity index (χ3v) is 6.09. The molecule has 0 fully saturated rings. The molecule has 2 amide bonds. The number of anilines is 1. The minimum atomic E-state index is -0.136. The summed E-state index contributed by atoms with van der Waals surface area (Å²) >= 11 is 1.52. The van der Waals surface area contributed by atoms with Gasteiger partial charge in [0, 0.05) is 11.4 Å². The van der Waals surface area contributed by atoms with E-state index < -0.39 is 0 Å². The van der Waals surface area contributed by atoms with Gasteiger partial charge in [-0.2, -0.15) is 0 Å². The summed E-state index contributed by atoms with van der Waals surface area (Å²) < 4.78 is 0. The van der Waals surface area contributed by atoms with E-state index in [2.05, 4.69) is 36.2 Å². The second-order valence-electron chi connectivity index (χ2n) is 6.69. The van der Waals surface area contributed by atoms with Gasteiger partial charge in [-0.15, -0.1) is 11.8 Å². The van der Waals surface area contributed by atoms with E-state index in [9.17, 15) is 9.59 Å². The maximum atomic E-state index is 12.7. The molecule has 0 saturated heterocycles. The van der Waals surface area contributed by atoms with Crippen molar-refractivity contribution in [3.05, 3.63) is 60.2 Å². The number of hydrogen-bond donors (Lipinski definition) is 1. The van der Waals surface area contributed by atoms with Crippen LogP contribution >= 0.6 is 11.8 Å². The van der Waals surface area contributed by atoms with Crippen LogP contribution < -0.4 is 10.2 Å². The Morgan fingerprint density at radius 1 is 1.11 bits per heavy atom. The average molecular weight is 398 g/mol. The number of carbonyl (C=O) groups is 2. The fourth-order valence-corrected chi connectivity index (χ4v) is 4.47. The highest BCUT2D eigenvalue weighted by Gasteiger charge is 2.26. The van der Waals surface area contributed by atoms with Crippen molar-refractivity contribution in [1.82, 2.24) is 10.2 Å². The summed E-state index contributed by atoms with van der Waals surface area (Å²) in [5.41, 5.74) is 2.00. The zero-order valence-electron chi connectivity index (χ0n) is 16.4. The van der Waals surface area contributed by atoms with Gasteiger partial charge in [-0.1, -0.05) is 56.3 Å². The molecule has 0 bridgehead atoms. The third kappa shape index (κ3) is 4.75. The summed E-state index contributed by atoms with van der Waals surface area (Å²) in [4.78, 5) is 30.0. The Bertz CT molecular complexity index is 808. The smallest absolute Gasteiger partial charge is 0.240 e. The van der Waals surface area contributed by atoms with E-state index in [1.165, 1.54) is 17.3 Å². The SMILES string of the molecule is CCN(CC)C(CNC(=O)CN1C(=O)CSc2ccccc21)c1ccccc1. The summed E-state index contributed by atoms with van der Waals surface area (Å²) in [6.45, 7) is 6.63. The minimum absolute atomic E-state index is 0.0257. The van der Waals surface area contributed by atoms with Crippen LogP contribution in [0.5, 0.6) is 0 Å². The normalized spacial score (nSPS) is 14.7. The molecular weight excluding hydrogens is 370 g/mol. The van der Waals surface area contributed by atoms with Crippen molar-refractivity contribution in [2.24, 2.45) is 0 Å². The van der Waals surface area contributed by atoms with Crippen LogP contribution in [0.25, 0.3) is 0 Å². The number of rotatable bonds is 8. The van der Waals surface area contributed by atoms with E-state index in [0.717, 1.165) is 23.7 Å². The van der Waals surface area contributed by atoms with Crippen molar-refractivity contribution in [2.45, 2.75) is 24.8 Å². The first-order valence-electron chi connectivity index (χ1n) is 9.71. The van der Waals surface area contributed by atoms with Gasteiger partial charge < -0.3 is 10.2 Å². The molecule has 3 rings (SSSR count). The molecular formula is C22H27N3O2S. The van der Waals surface area contributed by atoms with Crippen LogP contribution in [0, 0.1) is 0 Å². The van der Waals surface area contributed by atoms with Gasteiger partial charge in [0.25, 0.3) is 0 Å². The van der Waals surface area contributed by atoms with E-state index in [0.29, 0.717) is 12.3 Å². The Morgan fingerprint density at radius 3 is 2.50 bits per heavy atom. The number of nitrogens with zero attached hydrogens (tertiary/aromatic N) is 2. The van der Waals surface area contributed by atoms with Crippen molar-refractivity contribution >= 4 is 29.3 Å². The summed E-state index contributed by atoms with van der Waals surface area (Å²) in [6, 6.07) is 18.1. The molecule has 5 nitrogen and oxygen atoms in total. The summed E-state index contributed by atoms with van der Waals surface area (Å²) in [5.74, 6) is 0.210. The fourth-order valence-electron chi connectivity index (χ4n) is 3.53. The summed E-state index contributed by atoms with van der Waals surface area (Å²) in [6.07, 6.45) is 0. The predicted octanol–water partition coefficient (Wildman–Crippen LogP) is 3.32. The van der Waals surface area contributed by atoms with Crippen LogP contribution in [0.1, 0.15) is 25.5 Å². The van der Waals surface area contributed by atoms with Crippen LogP contribution in [0.4, 0.5) is 5.69 Å². The zero-order valence-corrected chi connectivity index (χ0v) is 17.2. The van der Waals surface area contributed by atoms with Gasteiger partial charge in [-0.05, 0) is 30.8 Å². The molecule has 1 atom stereocenters. The highest BCUT2D eigenvalue weighted by atomic mass is 32.2. The maximum Gasteiger partial charge on any atom is 0.240 e. The van der Waals surface area contributed by atoms with Gasteiger partial charge in [-0.3, -0.25) is 14.5 Å². The lowest BCUT2D eigenvalue weighted by molar-refractivity contribution is -0.123. The van der Waals surface area contributed by atoms with Crippen LogP contribution in [0.15, 0.2) is 59.5 Å². The molecule has 2 aromatic rings. The van der Waals surface area contributed by atoms with Gasteiger partial charge >= 0.3 is 0 Å². The molecule has 2 aromatic carbocycles. The number of benzene rings is 2. The second-order valence-corrected chi connectivity index (χ2v) is 7.71. The third-order valence-electron chi connectivity index (χ3n) is 5.04. The van der Waals surface area contributed by atoms with E-state index in [-0.39, 0.29) is 24.4 Å². The number of thioether (sulfide) groups is 1. The molecule has 1 aliphatic heterocycles. The maximum absolute atomic E-state index is 12.7. The largest absolute Gasteiger partial charge is 0.353 e. The van der Waals surface area contributed by atoms with E-state index in [1.807, 2.05) is 42.5 Å². The zero-order chi connectivity index (χ0) is 19.9. The number of para-hydroxylation sites is 1. The molecule has 0 aromatic heterocycles. The molecule has 1 aliphatic rings. The quantitative estimate of drug-likeness (QED) is 0.742. The molecule has 6 heteroatoms. The van der Waals surface area contributed by atoms with Crippen LogP contribution in [0.2, 0.25) is 0 Å².